The smallest absolute Gasteiger partial charge is 0.300 e. The van der Waals surface area contributed by atoms with E-state index in [2.05, 4.69) is 15.5 Å². The fourth-order valence-electron chi connectivity index (χ4n) is 3.89. The maximum atomic E-state index is 12.8. The fraction of sp³-hybridized carbons (Fsp3) is 0.524. The van der Waals surface area contributed by atoms with Gasteiger partial charge >= 0.3 is 0 Å². The van der Waals surface area contributed by atoms with Crippen molar-refractivity contribution in [2.45, 2.75) is 39.2 Å². The van der Waals surface area contributed by atoms with Gasteiger partial charge in [-0.2, -0.15) is 0 Å². The van der Waals surface area contributed by atoms with Crippen molar-refractivity contribution in [1.29, 1.82) is 0 Å². The van der Waals surface area contributed by atoms with Gasteiger partial charge in [0.15, 0.2) is 5.69 Å². The van der Waals surface area contributed by atoms with Crippen LogP contribution in [0.4, 0.5) is 11.5 Å². The normalized spacial score (nSPS) is 14.2. The minimum atomic E-state index is -0.593. The fourth-order valence-corrected chi connectivity index (χ4v) is 3.89. The standard InChI is InChI=1S/C21H30N6O4/c1-15(2)26-14-9-16(27(30)31)19(26)21(29)23-18-8-7-17(24(18)3)20(28)22-10-6-13-25-11-4-5-12-25/h7-9,14-15H,4-6,10-13H2,1-3H3,(H,22,28)(H,23,29). The van der Waals surface area contributed by atoms with Crippen LogP contribution in [0.15, 0.2) is 24.4 Å². The Morgan fingerprint density at radius 2 is 1.87 bits per heavy atom. The Balaban J connectivity index is 1.63. The molecule has 3 rings (SSSR count). The van der Waals surface area contributed by atoms with Crippen molar-refractivity contribution in [2.75, 3.05) is 31.5 Å². The van der Waals surface area contributed by atoms with Crippen molar-refractivity contribution in [3.63, 3.8) is 0 Å². The molecule has 0 saturated carbocycles. The van der Waals surface area contributed by atoms with Crippen LogP contribution < -0.4 is 10.6 Å². The highest BCUT2D eigenvalue weighted by Crippen LogP contribution is 2.25. The number of nitrogens with one attached hydrogen (secondary N) is 2. The molecule has 1 saturated heterocycles. The van der Waals surface area contributed by atoms with E-state index in [0.717, 1.165) is 26.1 Å². The van der Waals surface area contributed by atoms with Gasteiger partial charge in [0, 0.05) is 31.9 Å². The molecule has 31 heavy (non-hydrogen) atoms. The molecule has 2 N–H and O–H groups in total. The van der Waals surface area contributed by atoms with E-state index in [-0.39, 0.29) is 23.3 Å². The van der Waals surface area contributed by atoms with Gasteiger partial charge in [-0.15, -0.1) is 0 Å². The second-order valence-corrected chi connectivity index (χ2v) is 8.08. The van der Waals surface area contributed by atoms with Crippen LogP contribution in [-0.2, 0) is 7.05 Å². The molecule has 1 aliphatic rings. The summed E-state index contributed by atoms with van der Waals surface area (Å²) in [5, 5.41) is 16.9. The highest BCUT2D eigenvalue weighted by Gasteiger charge is 2.27. The average molecular weight is 431 g/mol. The Morgan fingerprint density at radius 3 is 2.52 bits per heavy atom. The Morgan fingerprint density at radius 1 is 1.16 bits per heavy atom. The van der Waals surface area contributed by atoms with E-state index in [4.69, 9.17) is 0 Å². The lowest BCUT2D eigenvalue weighted by Crippen LogP contribution is -2.30. The number of amides is 2. The van der Waals surface area contributed by atoms with Crippen molar-refractivity contribution in [1.82, 2.24) is 19.4 Å². The third-order valence-electron chi connectivity index (χ3n) is 5.59. The number of likely N-dealkylation sites (tertiary alicyclic amines) is 1. The maximum absolute atomic E-state index is 12.8. The molecule has 0 atom stereocenters. The molecule has 1 fully saturated rings. The predicted molar refractivity (Wildman–Crippen MR) is 117 cm³/mol. The molecule has 2 amide bonds. The molecule has 3 heterocycles. The number of rotatable bonds is 9. The van der Waals surface area contributed by atoms with Crippen LogP contribution >= 0.6 is 0 Å². The van der Waals surface area contributed by atoms with Gasteiger partial charge in [-0.3, -0.25) is 19.7 Å². The highest BCUT2D eigenvalue weighted by atomic mass is 16.6. The molecule has 10 nitrogen and oxygen atoms in total. The average Bonchev–Trinajstić information content (AvgIpc) is 3.45. The number of aromatic nitrogens is 2. The lowest BCUT2D eigenvalue weighted by molar-refractivity contribution is -0.385. The van der Waals surface area contributed by atoms with Crippen LogP contribution in [-0.4, -0.2) is 57.0 Å². The van der Waals surface area contributed by atoms with Crippen LogP contribution in [0.3, 0.4) is 0 Å². The van der Waals surface area contributed by atoms with Crippen LogP contribution in [0.1, 0.15) is 60.1 Å². The third-order valence-corrected chi connectivity index (χ3v) is 5.59. The minimum absolute atomic E-state index is 0.0193. The number of nitrogens with zero attached hydrogens (tertiary/aromatic N) is 4. The van der Waals surface area contributed by atoms with Crippen molar-refractivity contribution in [3.05, 3.63) is 45.9 Å². The van der Waals surface area contributed by atoms with Crippen LogP contribution in [0.25, 0.3) is 0 Å². The Hall–Kier alpha value is -3.14. The molecular formula is C21H30N6O4. The molecule has 168 valence electrons. The minimum Gasteiger partial charge on any atom is -0.351 e. The Kier molecular flexibility index (Phi) is 7.11. The van der Waals surface area contributed by atoms with Crippen LogP contribution in [0.2, 0.25) is 0 Å². The first kappa shape index (κ1) is 22.5. The number of anilines is 1. The lowest BCUT2D eigenvalue weighted by Gasteiger charge is -2.15. The monoisotopic (exact) mass is 430 g/mol. The molecule has 10 heteroatoms. The maximum Gasteiger partial charge on any atom is 0.300 e. The summed E-state index contributed by atoms with van der Waals surface area (Å²) in [4.78, 5) is 38.5. The van der Waals surface area contributed by atoms with Gasteiger partial charge < -0.3 is 24.7 Å². The van der Waals surface area contributed by atoms with Crippen LogP contribution in [0, 0.1) is 10.1 Å². The number of hydrogen-bond acceptors (Lipinski definition) is 5. The summed E-state index contributed by atoms with van der Waals surface area (Å²) in [6.07, 6.45) is 4.91. The summed E-state index contributed by atoms with van der Waals surface area (Å²) in [7, 11) is 1.67. The second-order valence-electron chi connectivity index (χ2n) is 8.08. The summed E-state index contributed by atoms with van der Waals surface area (Å²) in [5.74, 6) is -0.428. The first-order valence-electron chi connectivity index (χ1n) is 10.6. The quantitative estimate of drug-likeness (QED) is 0.361. The Labute approximate surface area is 181 Å². The van der Waals surface area contributed by atoms with Crippen molar-refractivity contribution in [3.8, 4) is 0 Å². The SMILES string of the molecule is CC(C)n1ccc([N+](=O)[O-])c1C(=O)Nc1ccc(C(=O)NCCCN2CCCC2)n1C. The van der Waals surface area contributed by atoms with E-state index in [0.29, 0.717) is 18.1 Å². The van der Waals surface area contributed by atoms with Gasteiger partial charge in [0.05, 0.1) is 4.92 Å². The number of hydrogen-bond donors (Lipinski definition) is 2. The third kappa shape index (κ3) is 5.13. The van der Waals surface area contributed by atoms with E-state index in [1.165, 1.54) is 25.1 Å². The summed E-state index contributed by atoms with van der Waals surface area (Å²) in [6.45, 7) is 7.50. The van der Waals surface area contributed by atoms with Gasteiger partial charge in [0.25, 0.3) is 17.5 Å². The van der Waals surface area contributed by atoms with Gasteiger partial charge in [-0.05, 0) is 64.9 Å². The number of carbonyl (C=O) groups is 2. The first-order chi connectivity index (χ1) is 14.8. The van der Waals surface area contributed by atoms with Gasteiger partial charge in [0.1, 0.15) is 11.5 Å². The number of carbonyl (C=O) groups excluding carboxylic acids is 2. The zero-order valence-electron chi connectivity index (χ0n) is 18.3. The molecular weight excluding hydrogens is 400 g/mol. The van der Waals surface area contributed by atoms with Gasteiger partial charge in [-0.25, -0.2) is 0 Å². The van der Waals surface area contributed by atoms with Crippen molar-refractivity contribution in [2.24, 2.45) is 7.05 Å². The van der Waals surface area contributed by atoms with E-state index in [9.17, 15) is 19.7 Å². The summed E-state index contributed by atoms with van der Waals surface area (Å²) >= 11 is 0. The zero-order valence-corrected chi connectivity index (χ0v) is 18.3. The lowest BCUT2D eigenvalue weighted by atomic mass is 10.3. The Bertz CT molecular complexity index is 955. The zero-order chi connectivity index (χ0) is 22.5. The van der Waals surface area contributed by atoms with E-state index >= 15 is 0 Å². The second kappa shape index (κ2) is 9.78. The predicted octanol–water partition coefficient (Wildman–Crippen LogP) is 2.78. The molecule has 0 bridgehead atoms. The van der Waals surface area contributed by atoms with Gasteiger partial charge in [-0.1, -0.05) is 0 Å². The molecule has 2 aromatic heterocycles. The van der Waals surface area contributed by atoms with E-state index in [1.807, 2.05) is 13.8 Å². The topological polar surface area (TPSA) is 114 Å². The van der Waals surface area contributed by atoms with Crippen molar-refractivity contribution >= 4 is 23.3 Å². The molecule has 0 spiro atoms. The van der Waals surface area contributed by atoms with Crippen LogP contribution in [0.5, 0.6) is 0 Å². The van der Waals surface area contributed by atoms with E-state index in [1.54, 1.807) is 28.3 Å². The largest absolute Gasteiger partial charge is 0.351 e. The molecule has 2 aromatic rings. The number of nitro groups is 1. The molecule has 0 radical (unpaired) electrons. The molecule has 0 unspecified atom stereocenters. The van der Waals surface area contributed by atoms with Gasteiger partial charge in [0.2, 0.25) is 0 Å². The summed E-state index contributed by atoms with van der Waals surface area (Å²) in [6, 6.07) is 4.44. The first-order valence-corrected chi connectivity index (χ1v) is 10.6. The molecule has 1 aliphatic heterocycles. The molecule has 0 aliphatic carbocycles. The molecule has 0 aromatic carbocycles. The van der Waals surface area contributed by atoms with E-state index < -0.39 is 10.8 Å². The summed E-state index contributed by atoms with van der Waals surface area (Å²) in [5.41, 5.74) is 0.135. The summed E-state index contributed by atoms with van der Waals surface area (Å²) < 4.78 is 3.13. The van der Waals surface area contributed by atoms with Crippen molar-refractivity contribution < 1.29 is 14.5 Å². The highest BCUT2D eigenvalue weighted by molar-refractivity contribution is 6.06.